The first-order chi connectivity index (χ1) is 7.89. The Morgan fingerprint density at radius 2 is 1.82 bits per heavy atom. The highest BCUT2D eigenvalue weighted by Gasteiger charge is 2.23. The molecule has 1 aromatic heterocycles. The van der Waals surface area contributed by atoms with Crippen molar-refractivity contribution in [1.29, 1.82) is 0 Å². The Labute approximate surface area is 117 Å². The number of hydrogen-bond acceptors (Lipinski definition) is 8. The highest BCUT2D eigenvalue weighted by atomic mass is 32.9. The van der Waals surface area contributed by atoms with Gasteiger partial charge >= 0.3 is 14.5 Å². The number of methoxy groups -OCH3 is 1. The maximum absolute atomic E-state index is 9.22. The molecule has 0 radical (unpaired) electrons. The van der Waals surface area contributed by atoms with Crippen LogP contribution >= 0.6 is 44.2 Å². The summed E-state index contributed by atoms with van der Waals surface area (Å²) in [5, 5.41) is 0. The maximum Gasteiger partial charge on any atom is 0.324 e. The summed E-state index contributed by atoms with van der Waals surface area (Å²) in [6.07, 6.45) is 4.15. The summed E-state index contributed by atoms with van der Waals surface area (Å²) in [6.45, 7) is 0. The van der Waals surface area contributed by atoms with Crippen LogP contribution in [0.15, 0.2) is 8.42 Å². The zero-order valence-corrected chi connectivity index (χ0v) is 13.7. The van der Waals surface area contributed by atoms with Crippen molar-refractivity contribution in [3.05, 3.63) is 0 Å². The number of rotatable bonds is 4. The van der Waals surface area contributed by atoms with E-state index in [0.717, 1.165) is 12.9 Å². The predicted molar refractivity (Wildman–Crippen MR) is 73.4 cm³/mol. The lowest BCUT2D eigenvalue weighted by molar-refractivity contribution is 0.314. The van der Waals surface area contributed by atoms with Crippen LogP contribution in [0.1, 0.15) is 0 Å². The maximum atomic E-state index is 9.22. The lowest BCUT2D eigenvalue weighted by atomic mass is 10.7. The van der Waals surface area contributed by atoms with E-state index < -0.39 is 10.4 Å². The Morgan fingerprint density at radius 3 is 2.12 bits per heavy atom. The fraction of sp³-hybridized carbons (Fsp3) is 0.571. The molecule has 1 rings (SSSR count). The van der Waals surface area contributed by atoms with Crippen molar-refractivity contribution in [3.63, 3.8) is 0 Å². The number of ether oxygens (including phenoxy) is 1. The van der Waals surface area contributed by atoms with E-state index in [2.05, 4.69) is 16.7 Å². The van der Waals surface area contributed by atoms with Gasteiger partial charge in [-0.15, -0.1) is 11.8 Å². The molecule has 0 amide bonds. The molecule has 0 aliphatic heterocycles. The van der Waals surface area contributed by atoms with Crippen molar-refractivity contribution in [2.75, 3.05) is 26.7 Å². The van der Waals surface area contributed by atoms with Gasteiger partial charge < -0.3 is 9.29 Å². The van der Waals surface area contributed by atoms with Gasteiger partial charge in [0.15, 0.2) is 14.5 Å². The first-order valence-electron chi connectivity index (χ1n) is 3.99. The average Bonchev–Trinajstić information content (AvgIpc) is 2.70. The smallest absolute Gasteiger partial charge is 0.324 e. The molecule has 0 aliphatic carbocycles. The summed E-state index contributed by atoms with van der Waals surface area (Å²) in [7, 11) is 1.69. The largest absolute Gasteiger partial charge is 0.726 e. The molecule has 0 saturated heterocycles. The Balaban J connectivity index is 0.000000366. The summed E-state index contributed by atoms with van der Waals surface area (Å²) >= 11 is 3.49. The molecule has 0 N–H and O–H groups in total. The van der Waals surface area contributed by atoms with Crippen LogP contribution in [-0.2, 0) is 14.6 Å². The molecule has 0 atom stereocenters. The van der Waals surface area contributed by atoms with Crippen LogP contribution < -0.4 is 4.74 Å². The first kappa shape index (κ1) is 17.4. The van der Waals surface area contributed by atoms with Crippen molar-refractivity contribution in [3.8, 4) is 5.75 Å². The van der Waals surface area contributed by atoms with Gasteiger partial charge in [0.1, 0.15) is 0 Å². The van der Waals surface area contributed by atoms with E-state index in [1.807, 2.05) is 0 Å². The highest BCUT2D eigenvalue weighted by Crippen LogP contribution is 2.45. The molecule has 0 spiro atoms. The molecule has 1 aromatic rings. The van der Waals surface area contributed by atoms with Gasteiger partial charge in [0.05, 0.1) is 14.2 Å². The molecule has 0 aromatic carbocycles. The molecule has 100 valence electrons. The van der Waals surface area contributed by atoms with Gasteiger partial charge in [-0.3, -0.25) is 4.18 Å². The van der Waals surface area contributed by atoms with Gasteiger partial charge in [-0.1, -0.05) is 11.8 Å². The zero-order valence-electron chi connectivity index (χ0n) is 9.58. The van der Waals surface area contributed by atoms with Gasteiger partial charge in [0.2, 0.25) is 16.1 Å². The van der Waals surface area contributed by atoms with E-state index in [-0.39, 0.29) is 0 Å². The third kappa shape index (κ3) is 6.79. The molecule has 0 saturated carbocycles. The molecular weight excluding hydrogens is 324 g/mol. The molecular formula is C7H12O5S5. The Kier molecular flexibility index (Phi) is 8.72. The van der Waals surface area contributed by atoms with Gasteiger partial charge in [-0.25, -0.2) is 8.42 Å². The molecule has 0 aliphatic rings. The van der Waals surface area contributed by atoms with Crippen molar-refractivity contribution in [2.24, 2.45) is 0 Å². The SMILES string of the molecule is COS(=O)(=O)[O-].COc1c(SC)s[s+]c1SC. The van der Waals surface area contributed by atoms with Gasteiger partial charge in [-0.2, -0.15) is 0 Å². The Bertz CT molecular complexity index is 404. The minimum atomic E-state index is -4.41. The minimum absolute atomic E-state index is 0.808. The monoisotopic (exact) mass is 336 g/mol. The summed E-state index contributed by atoms with van der Waals surface area (Å²) in [4.78, 5) is 0. The third-order valence-corrected chi connectivity index (χ3v) is 7.00. The van der Waals surface area contributed by atoms with Crippen LogP contribution in [0.2, 0.25) is 0 Å². The molecule has 0 unspecified atom stereocenters. The average molecular weight is 337 g/mol. The quantitative estimate of drug-likeness (QED) is 0.275. The standard InChI is InChI=1S/C6H9OS4.CH4O4S/c1-7-4-5(8-2)10-11-6(4)9-3;1-5-6(2,3)4/h1-3H3;1H3,(H,2,3,4)/q+1;/p-1. The van der Waals surface area contributed by atoms with Crippen molar-refractivity contribution < 1.29 is 21.9 Å². The summed E-state index contributed by atoms with van der Waals surface area (Å²) < 4.78 is 38.9. The third-order valence-electron chi connectivity index (χ3n) is 1.34. The molecule has 5 nitrogen and oxygen atoms in total. The van der Waals surface area contributed by atoms with Gasteiger partial charge in [0.25, 0.3) is 0 Å². The van der Waals surface area contributed by atoms with Crippen LogP contribution in [0, 0.1) is 0 Å². The lowest BCUT2D eigenvalue weighted by Gasteiger charge is -1.98. The molecule has 0 bridgehead atoms. The van der Waals surface area contributed by atoms with E-state index in [9.17, 15) is 13.0 Å². The second-order valence-corrected chi connectivity index (χ2v) is 7.71. The van der Waals surface area contributed by atoms with E-state index in [0.29, 0.717) is 0 Å². The Morgan fingerprint density at radius 1 is 1.29 bits per heavy atom. The topological polar surface area (TPSA) is 75.7 Å². The highest BCUT2D eigenvalue weighted by molar-refractivity contribution is 8.05. The molecule has 17 heavy (non-hydrogen) atoms. The normalized spacial score (nSPS) is 10.6. The van der Waals surface area contributed by atoms with E-state index >= 15 is 0 Å². The summed E-state index contributed by atoms with van der Waals surface area (Å²) in [6, 6.07) is 0. The fourth-order valence-corrected chi connectivity index (χ4v) is 5.62. The van der Waals surface area contributed by atoms with E-state index in [1.54, 1.807) is 51.3 Å². The van der Waals surface area contributed by atoms with Crippen molar-refractivity contribution >= 4 is 54.6 Å². The fourth-order valence-electron chi connectivity index (χ4n) is 0.655. The van der Waals surface area contributed by atoms with Crippen LogP contribution in [0.4, 0.5) is 0 Å². The number of thioether (sulfide) groups is 2. The second-order valence-electron chi connectivity index (χ2n) is 2.26. The van der Waals surface area contributed by atoms with Gasteiger partial charge in [-0.05, 0) is 12.5 Å². The summed E-state index contributed by atoms with van der Waals surface area (Å²) in [5.41, 5.74) is 0. The Hall–Kier alpha value is 0.420. The van der Waals surface area contributed by atoms with Crippen molar-refractivity contribution in [1.82, 2.24) is 0 Å². The van der Waals surface area contributed by atoms with Crippen molar-refractivity contribution in [2.45, 2.75) is 8.42 Å². The van der Waals surface area contributed by atoms with Crippen LogP contribution in [0.25, 0.3) is 0 Å². The number of hydrogen-bond donors (Lipinski definition) is 0. The van der Waals surface area contributed by atoms with Crippen LogP contribution in [-0.4, -0.2) is 39.7 Å². The van der Waals surface area contributed by atoms with E-state index in [1.165, 1.54) is 8.42 Å². The lowest BCUT2D eigenvalue weighted by Crippen LogP contribution is -1.97. The van der Waals surface area contributed by atoms with Crippen LogP contribution in [0.3, 0.4) is 0 Å². The predicted octanol–water partition coefficient (Wildman–Crippen LogP) is 2.64. The minimum Gasteiger partial charge on any atom is -0.726 e. The molecule has 0 fully saturated rings. The van der Waals surface area contributed by atoms with E-state index in [4.69, 9.17) is 4.74 Å². The molecule has 1 heterocycles. The van der Waals surface area contributed by atoms with Gasteiger partial charge in [0, 0.05) is 0 Å². The first-order valence-corrected chi connectivity index (χ1v) is 9.92. The second kappa shape index (κ2) is 8.51. The zero-order chi connectivity index (χ0) is 13.5. The summed E-state index contributed by atoms with van der Waals surface area (Å²) in [5.74, 6) is 1.06. The van der Waals surface area contributed by atoms with Crippen LogP contribution in [0.5, 0.6) is 5.75 Å². The molecule has 10 heteroatoms.